The van der Waals surface area contributed by atoms with E-state index in [0.29, 0.717) is 46.9 Å². The number of fused-ring (bicyclic) bond motifs is 2. The van der Waals surface area contributed by atoms with E-state index in [2.05, 4.69) is 53.3 Å². The van der Waals surface area contributed by atoms with E-state index >= 15 is 0 Å². The zero-order valence-electron chi connectivity index (χ0n) is 34.7. The van der Waals surface area contributed by atoms with Crippen molar-refractivity contribution in [3.05, 3.63) is 89.4 Å². The molecule has 6 heterocycles. The third kappa shape index (κ3) is 8.22. The van der Waals surface area contributed by atoms with Crippen LogP contribution >= 0.6 is 0 Å². The number of amides is 4. The van der Waals surface area contributed by atoms with Gasteiger partial charge >= 0.3 is 0 Å². The number of piperidine rings is 2. The summed E-state index contributed by atoms with van der Waals surface area (Å²) in [5, 5.41) is 35.9. The van der Waals surface area contributed by atoms with Gasteiger partial charge in [0.15, 0.2) is 0 Å². The number of rotatable bonds is 8. The van der Waals surface area contributed by atoms with Crippen LogP contribution in [0.4, 0.5) is 11.4 Å². The third-order valence-corrected chi connectivity index (χ3v) is 13.4. The first-order valence-electron chi connectivity index (χ1n) is 21.6. The van der Waals surface area contributed by atoms with Crippen molar-refractivity contribution in [1.29, 1.82) is 5.26 Å². The lowest BCUT2D eigenvalue weighted by atomic mass is 9.89. The predicted molar refractivity (Wildman–Crippen MR) is 229 cm³/mol. The van der Waals surface area contributed by atoms with Crippen LogP contribution < -0.4 is 15.5 Å². The van der Waals surface area contributed by atoms with Crippen LogP contribution in [0.3, 0.4) is 0 Å². The second kappa shape index (κ2) is 16.4. The summed E-state index contributed by atoms with van der Waals surface area (Å²) in [6, 6.07) is 19.7. The highest BCUT2D eigenvalue weighted by Crippen LogP contribution is 2.36. The lowest BCUT2D eigenvalue weighted by Crippen LogP contribution is -2.54. The monoisotopic (exact) mass is 824 g/mol. The fourth-order valence-corrected chi connectivity index (χ4v) is 9.87. The van der Waals surface area contributed by atoms with E-state index in [1.54, 1.807) is 32.0 Å². The Hall–Kier alpha value is -6.11. The Balaban J connectivity index is 0.763. The first kappa shape index (κ1) is 40.3. The fraction of sp³-hybridized carbons (Fsp3) is 0.457. The molecule has 0 radical (unpaired) electrons. The number of carbonyl (C=O) groups is 4. The Kier molecular flexibility index (Phi) is 10.8. The zero-order valence-corrected chi connectivity index (χ0v) is 34.7. The minimum Gasteiger partial charge on any atom is -0.386 e. The summed E-state index contributed by atoms with van der Waals surface area (Å²) < 4.78 is 3.55. The number of piperazine rings is 1. The molecule has 0 bridgehead atoms. The van der Waals surface area contributed by atoms with Crippen LogP contribution in [0.1, 0.15) is 104 Å². The van der Waals surface area contributed by atoms with E-state index < -0.39 is 5.60 Å². The molecule has 1 saturated carbocycles. The van der Waals surface area contributed by atoms with E-state index in [1.165, 1.54) is 10.7 Å². The third-order valence-electron chi connectivity index (χ3n) is 13.4. The largest absolute Gasteiger partial charge is 0.386 e. The summed E-state index contributed by atoms with van der Waals surface area (Å²) in [4.78, 5) is 58.0. The number of aromatic nitrogens is 4. The van der Waals surface area contributed by atoms with Crippen molar-refractivity contribution in [3.8, 4) is 6.07 Å². The van der Waals surface area contributed by atoms with Gasteiger partial charge < -0.3 is 20.2 Å². The second-order valence-corrected chi connectivity index (χ2v) is 17.7. The number of anilines is 2. The molecule has 15 nitrogen and oxygen atoms in total. The van der Waals surface area contributed by atoms with Crippen molar-refractivity contribution in [2.75, 3.05) is 49.5 Å². The van der Waals surface area contributed by atoms with Gasteiger partial charge in [0.1, 0.15) is 11.8 Å². The average molecular weight is 825 g/mol. The van der Waals surface area contributed by atoms with Gasteiger partial charge in [0.25, 0.3) is 5.91 Å². The molecule has 61 heavy (non-hydrogen) atoms. The number of nitrogens with zero attached hydrogens (tertiary/aromatic N) is 8. The van der Waals surface area contributed by atoms with Gasteiger partial charge in [-0.05, 0) is 107 Å². The number of imide groups is 1. The molecule has 0 spiro atoms. The molecular weight excluding hydrogens is 773 g/mol. The van der Waals surface area contributed by atoms with Crippen LogP contribution in [0.5, 0.6) is 0 Å². The topological polar surface area (TPSA) is 181 Å². The number of benzene rings is 2. The normalized spacial score (nSPS) is 22.0. The summed E-state index contributed by atoms with van der Waals surface area (Å²) in [5.74, 6) is -0.779. The molecule has 2 aromatic carbocycles. The molecular formula is C46H52N10O5. The highest BCUT2D eigenvalue weighted by atomic mass is 16.3. The van der Waals surface area contributed by atoms with E-state index in [1.807, 2.05) is 30.5 Å². The minimum atomic E-state index is -1.25. The number of nitriles is 1. The van der Waals surface area contributed by atoms with Crippen molar-refractivity contribution >= 4 is 51.4 Å². The maximum atomic E-state index is 13.7. The van der Waals surface area contributed by atoms with Crippen LogP contribution in [0, 0.1) is 17.2 Å². The molecule has 4 amide bonds. The fourth-order valence-electron chi connectivity index (χ4n) is 9.87. The first-order chi connectivity index (χ1) is 29.4. The Bertz CT molecular complexity index is 2530. The molecule has 4 aliphatic rings. The SMILES string of the molecule is CC(C)(O)c1cc2nn(C3CCC(N4CCN(C(=O)C5CCN(c6ccc([C@H]7CCC(=O)NC7=O)cc6)CC5)CC4)CC3)cc2cc1NC(=O)c1ccc2cc(C#N)cnn12. The maximum Gasteiger partial charge on any atom is 0.274 e. The molecule has 0 unspecified atom stereocenters. The smallest absolute Gasteiger partial charge is 0.274 e. The lowest BCUT2D eigenvalue weighted by molar-refractivity contribution is -0.138. The summed E-state index contributed by atoms with van der Waals surface area (Å²) >= 11 is 0. The van der Waals surface area contributed by atoms with Gasteiger partial charge in [-0.2, -0.15) is 15.5 Å². The van der Waals surface area contributed by atoms with Crippen LogP contribution in [-0.2, 0) is 20.0 Å². The zero-order chi connectivity index (χ0) is 42.4. The molecule has 3 aromatic heterocycles. The Labute approximate surface area is 354 Å². The van der Waals surface area contributed by atoms with Crippen molar-refractivity contribution in [2.45, 2.75) is 88.8 Å². The summed E-state index contributed by atoms with van der Waals surface area (Å²) in [6.07, 6.45) is 10.1. The summed E-state index contributed by atoms with van der Waals surface area (Å²) in [6.45, 7) is 8.30. The van der Waals surface area contributed by atoms with E-state index in [4.69, 9.17) is 5.10 Å². The number of hydrogen-bond donors (Lipinski definition) is 3. The van der Waals surface area contributed by atoms with Gasteiger partial charge in [0.2, 0.25) is 17.7 Å². The molecule has 3 aliphatic heterocycles. The first-order valence-corrected chi connectivity index (χ1v) is 21.6. The number of nitrogens with one attached hydrogen (secondary N) is 2. The second-order valence-electron chi connectivity index (χ2n) is 17.7. The number of carbonyl (C=O) groups excluding carboxylic acids is 4. The van der Waals surface area contributed by atoms with Gasteiger partial charge in [0.05, 0.1) is 40.4 Å². The summed E-state index contributed by atoms with van der Waals surface area (Å²) in [7, 11) is 0. The van der Waals surface area contributed by atoms with Gasteiger partial charge in [-0.1, -0.05) is 12.1 Å². The highest BCUT2D eigenvalue weighted by Gasteiger charge is 2.35. The van der Waals surface area contributed by atoms with Gasteiger partial charge in [0, 0.05) is 86.2 Å². The van der Waals surface area contributed by atoms with Crippen molar-refractivity contribution in [2.24, 2.45) is 5.92 Å². The van der Waals surface area contributed by atoms with E-state index in [0.717, 1.165) is 99.9 Å². The quantitative estimate of drug-likeness (QED) is 0.178. The molecule has 9 rings (SSSR count). The van der Waals surface area contributed by atoms with E-state index in [-0.39, 0.29) is 41.5 Å². The predicted octanol–water partition coefficient (Wildman–Crippen LogP) is 5.10. The minimum absolute atomic E-state index is 0.0363. The molecule has 4 fully saturated rings. The van der Waals surface area contributed by atoms with Crippen molar-refractivity contribution < 1.29 is 24.3 Å². The molecule has 15 heteroatoms. The molecule has 1 atom stereocenters. The van der Waals surface area contributed by atoms with Crippen molar-refractivity contribution in [1.82, 2.24) is 34.5 Å². The van der Waals surface area contributed by atoms with Crippen LogP contribution in [0.25, 0.3) is 16.4 Å². The van der Waals surface area contributed by atoms with E-state index in [9.17, 15) is 29.5 Å². The van der Waals surface area contributed by atoms with Gasteiger partial charge in [-0.15, -0.1) is 0 Å². The maximum absolute atomic E-state index is 13.7. The summed E-state index contributed by atoms with van der Waals surface area (Å²) in [5.41, 5.74) is 3.94. The number of hydrogen-bond acceptors (Lipinski definition) is 10. The van der Waals surface area contributed by atoms with Crippen LogP contribution in [-0.4, -0.2) is 103 Å². The standard InChI is InChI=1S/C46H52N10O5/c1-46(2,61)38-25-39-32(24-40(38)49-44(59)41-13-11-36-23-29(26-47)27-48-56(36)41)28-55(51-39)35-9-7-34(8-10-35)53-19-21-54(22-20-53)45(60)31-15-17-52(18-16-31)33-5-3-30(4-6-33)37-12-14-42(57)50-43(37)58/h3-6,11,13,23-25,27-28,31,34-35,37,61H,7-10,12,14-22H2,1-2H3,(H,49,59)(H,50,57,58)/t34?,35?,37-/m1/s1. The Morgan fingerprint density at radius 3 is 2.30 bits per heavy atom. The number of aliphatic hydroxyl groups is 1. The van der Waals surface area contributed by atoms with Gasteiger partial charge in [-0.25, -0.2) is 4.52 Å². The molecule has 5 aromatic rings. The van der Waals surface area contributed by atoms with Crippen LogP contribution in [0.2, 0.25) is 0 Å². The van der Waals surface area contributed by atoms with Crippen molar-refractivity contribution in [3.63, 3.8) is 0 Å². The van der Waals surface area contributed by atoms with Gasteiger partial charge in [-0.3, -0.25) is 34.1 Å². The molecule has 316 valence electrons. The van der Waals surface area contributed by atoms with Crippen LogP contribution in [0.15, 0.2) is 67.0 Å². The lowest BCUT2D eigenvalue weighted by Gasteiger charge is -2.43. The Morgan fingerprint density at radius 2 is 1.61 bits per heavy atom. The molecule has 3 saturated heterocycles. The highest BCUT2D eigenvalue weighted by molar-refractivity contribution is 6.05. The molecule has 3 N–H and O–H groups in total. The average Bonchev–Trinajstić information content (AvgIpc) is 3.90. The Morgan fingerprint density at radius 1 is 0.885 bits per heavy atom. The molecule has 1 aliphatic carbocycles.